The van der Waals surface area contributed by atoms with Gasteiger partial charge < -0.3 is 25.6 Å². The zero-order valence-corrected chi connectivity index (χ0v) is 15.8. The second-order valence-electron chi connectivity index (χ2n) is 5.98. The molecule has 146 valence electrons. The van der Waals surface area contributed by atoms with Crippen molar-refractivity contribution < 1.29 is 19.7 Å². The van der Waals surface area contributed by atoms with Crippen LogP contribution in [0.15, 0.2) is 42.7 Å². The van der Waals surface area contributed by atoms with Crippen molar-refractivity contribution in [1.82, 2.24) is 15.3 Å². The van der Waals surface area contributed by atoms with Crippen LogP contribution in [0.5, 0.6) is 11.5 Å². The zero-order chi connectivity index (χ0) is 20.1. The molecule has 1 atom stereocenters. The molecule has 0 aliphatic heterocycles. The van der Waals surface area contributed by atoms with Gasteiger partial charge in [0.2, 0.25) is 5.91 Å². The highest BCUT2D eigenvalue weighted by Gasteiger charge is 2.12. The highest BCUT2D eigenvalue weighted by molar-refractivity contribution is 6.32. The number of aliphatic hydroxyl groups is 1. The Morgan fingerprint density at radius 2 is 2.11 bits per heavy atom. The van der Waals surface area contributed by atoms with Crippen LogP contribution >= 0.6 is 11.6 Å². The number of aliphatic hydroxyl groups excluding tert-OH is 1. The Balaban J connectivity index is 1.81. The molecule has 0 aliphatic rings. The van der Waals surface area contributed by atoms with Crippen LogP contribution < -0.4 is 15.4 Å². The number of aromatic nitrogens is 2. The maximum atomic E-state index is 11.4. The van der Waals surface area contributed by atoms with E-state index in [2.05, 4.69) is 20.6 Å². The number of amides is 1. The Morgan fingerprint density at radius 1 is 1.29 bits per heavy atom. The lowest BCUT2D eigenvalue weighted by molar-refractivity contribution is -0.128. The summed E-state index contributed by atoms with van der Waals surface area (Å²) < 4.78 is 5.79. The van der Waals surface area contributed by atoms with Crippen molar-refractivity contribution in [3.05, 3.63) is 47.7 Å². The number of fused-ring (bicyclic) bond motifs is 1. The van der Waals surface area contributed by atoms with E-state index < -0.39 is 12.0 Å². The third-order valence-corrected chi connectivity index (χ3v) is 4.18. The van der Waals surface area contributed by atoms with Crippen LogP contribution in [0.3, 0.4) is 0 Å². The maximum absolute atomic E-state index is 11.4. The maximum Gasteiger partial charge on any atom is 0.248 e. The molecule has 0 aliphatic carbocycles. The van der Waals surface area contributed by atoms with Gasteiger partial charge in [0.05, 0.1) is 22.5 Å². The molecule has 4 N–H and O–H groups in total. The van der Waals surface area contributed by atoms with Gasteiger partial charge in [0.15, 0.2) is 0 Å². The van der Waals surface area contributed by atoms with Crippen molar-refractivity contribution in [2.75, 3.05) is 18.5 Å². The number of carbonyl (C=O) groups excluding carboxylic acids is 1. The van der Waals surface area contributed by atoms with Crippen molar-refractivity contribution in [2.45, 2.75) is 13.0 Å². The minimum atomic E-state index is -1.07. The van der Waals surface area contributed by atoms with Crippen LogP contribution in [0.2, 0.25) is 5.02 Å². The number of ether oxygens (including phenoxy) is 1. The van der Waals surface area contributed by atoms with E-state index in [1.165, 1.54) is 19.3 Å². The Labute approximate surface area is 166 Å². The molecule has 3 aromatic rings. The molecule has 0 radical (unpaired) electrons. The van der Waals surface area contributed by atoms with Crippen molar-refractivity contribution in [3.8, 4) is 11.5 Å². The van der Waals surface area contributed by atoms with Crippen LogP contribution in [-0.4, -0.2) is 45.3 Å². The van der Waals surface area contributed by atoms with Crippen molar-refractivity contribution >= 4 is 39.9 Å². The molecule has 1 unspecified atom stereocenters. The summed E-state index contributed by atoms with van der Waals surface area (Å²) in [6, 6.07) is 10.1. The first-order valence-corrected chi connectivity index (χ1v) is 8.91. The lowest BCUT2D eigenvalue weighted by Crippen LogP contribution is -2.35. The summed E-state index contributed by atoms with van der Waals surface area (Å²) in [6.07, 6.45) is 0.359. The van der Waals surface area contributed by atoms with Crippen LogP contribution in [-0.2, 0) is 4.79 Å². The van der Waals surface area contributed by atoms with Gasteiger partial charge >= 0.3 is 0 Å². The third-order valence-electron chi connectivity index (χ3n) is 3.87. The molecule has 0 saturated heterocycles. The third kappa shape index (κ3) is 4.59. The number of nitrogens with zero attached hydrogens (tertiary/aromatic N) is 2. The minimum Gasteiger partial charge on any atom is -0.506 e. The number of hydrogen-bond donors (Lipinski definition) is 4. The first-order chi connectivity index (χ1) is 13.5. The van der Waals surface area contributed by atoms with E-state index >= 15 is 0 Å². The molecule has 1 heterocycles. The number of halogens is 1. The van der Waals surface area contributed by atoms with Crippen molar-refractivity contribution in [3.63, 3.8) is 0 Å². The number of carbonyl (C=O) groups is 1. The molecule has 1 amide bonds. The van der Waals surface area contributed by atoms with Crippen LogP contribution in [0, 0.1) is 0 Å². The molecule has 8 nitrogen and oxygen atoms in total. The monoisotopic (exact) mass is 402 g/mol. The number of phenols is 1. The van der Waals surface area contributed by atoms with E-state index in [9.17, 15) is 15.0 Å². The van der Waals surface area contributed by atoms with E-state index in [-0.39, 0.29) is 23.9 Å². The number of phenolic OH excluding ortho intramolecular Hbond substituents is 1. The SMILES string of the molecule is CC(O)C(=O)NCCOc1cccc2ncnc(Nc3ccc(O)c(Cl)c3)c12. The van der Waals surface area contributed by atoms with Gasteiger partial charge in [0.25, 0.3) is 0 Å². The number of rotatable bonds is 7. The van der Waals surface area contributed by atoms with Crippen LogP contribution in [0.4, 0.5) is 11.5 Å². The fraction of sp³-hybridized carbons (Fsp3) is 0.211. The molecular formula is C19H19ClN4O4. The highest BCUT2D eigenvalue weighted by atomic mass is 35.5. The lowest BCUT2D eigenvalue weighted by Gasteiger charge is -2.14. The summed E-state index contributed by atoms with van der Waals surface area (Å²) in [5.74, 6) is 0.576. The van der Waals surface area contributed by atoms with Gasteiger partial charge in [0.1, 0.15) is 36.4 Å². The van der Waals surface area contributed by atoms with Crippen LogP contribution in [0.25, 0.3) is 10.9 Å². The summed E-state index contributed by atoms with van der Waals surface area (Å²) in [5, 5.41) is 25.4. The Bertz CT molecular complexity index is 992. The average molecular weight is 403 g/mol. The second-order valence-corrected chi connectivity index (χ2v) is 6.39. The van der Waals surface area contributed by atoms with Gasteiger partial charge in [0, 0.05) is 5.69 Å². The molecule has 9 heteroatoms. The first-order valence-electron chi connectivity index (χ1n) is 8.53. The predicted molar refractivity (Wildman–Crippen MR) is 106 cm³/mol. The number of benzene rings is 2. The molecular weight excluding hydrogens is 384 g/mol. The topological polar surface area (TPSA) is 117 Å². The lowest BCUT2D eigenvalue weighted by atomic mass is 10.2. The largest absolute Gasteiger partial charge is 0.506 e. The smallest absolute Gasteiger partial charge is 0.248 e. The first kappa shape index (κ1) is 19.7. The molecule has 0 spiro atoms. The molecule has 28 heavy (non-hydrogen) atoms. The quantitative estimate of drug-likeness (QED) is 0.354. The number of nitrogens with one attached hydrogen (secondary N) is 2. The fourth-order valence-electron chi connectivity index (χ4n) is 2.50. The van der Waals surface area contributed by atoms with E-state index in [1.807, 2.05) is 6.07 Å². The molecule has 2 aromatic carbocycles. The van der Waals surface area contributed by atoms with Gasteiger partial charge in [-0.25, -0.2) is 9.97 Å². The van der Waals surface area contributed by atoms with Crippen LogP contribution in [0.1, 0.15) is 6.92 Å². The average Bonchev–Trinajstić information content (AvgIpc) is 2.68. The highest BCUT2D eigenvalue weighted by Crippen LogP contribution is 2.33. The summed E-state index contributed by atoms with van der Waals surface area (Å²) in [5.41, 5.74) is 1.31. The van der Waals surface area contributed by atoms with Crippen molar-refractivity contribution in [1.29, 1.82) is 0 Å². The summed E-state index contributed by atoms with van der Waals surface area (Å²) in [7, 11) is 0. The summed E-state index contributed by atoms with van der Waals surface area (Å²) >= 11 is 5.96. The normalized spacial score (nSPS) is 11.8. The van der Waals surface area contributed by atoms with Gasteiger partial charge in [-0.3, -0.25) is 4.79 Å². The molecule has 0 fully saturated rings. The predicted octanol–water partition coefficient (Wildman–Crippen LogP) is 2.61. The summed E-state index contributed by atoms with van der Waals surface area (Å²) in [4.78, 5) is 19.9. The van der Waals surface area contributed by atoms with Gasteiger partial charge in [-0.1, -0.05) is 17.7 Å². The molecule has 1 aromatic heterocycles. The van der Waals surface area contributed by atoms with E-state index in [0.29, 0.717) is 28.2 Å². The van der Waals surface area contributed by atoms with Gasteiger partial charge in [-0.15, -0.1) is 0 Å². The number of hydrogen-bond acceptors (Lipinski definition) is 7. The fourth-order valence-corrected chi connectivity index (χ4v) is 2.68. The Hall–Kier alpha value is -3.10. The van der Waals surface area contributed by atoms with Crippen molar-refractivity contribution in [2.24, 2.45) is 0 Å². The molecule has 0 saturated carbocycles. The van der Waals surface area contributed by atoms with E-state index in [4.69, 9.17) is 16.3 Å². The van der Waals surface area contributed by atoms with Gasteiger partial charge in [-0.05, 0) is 37.3 Å². The van der Waals surface area contributed by atoms with E-state index in [1.54, 1.807) is 24.3 Å². The van der Waals surface area contributed by atoms with Gasteiger partial charge in [-0.2, -0.15) is 0 Å². The Kier molecular flexibility index (Phi) is 6.13. The van der Waals surface area contributed by atoms with E-state index in [0.717, 1.165) is 0 Å². The second kappa shape index (κ2) is 8.73. The standard InChI is InChI=1S/C19H19ClN4O4/c1-11(25)19(27)21-7-8-28-16-4-2-3-14-17(16)18(23-10-22-14)24-12-5-6-15(26)13(20)9-12/h2-6,9-11,25-26H,7-8H2,1H3,(H,21,27)(H,22,23,24). The Morgan fingerprint density at radius 3 is 2.86 bits per heavy atom. The summed E-state index contributed by atoms with van der Waals surface area (Å²) in [6.45, 7) is 1.84. The molecule has 0 bridgehead atoms. The minimum absolute atomic E-state index is 0.0111. The number of anilines is 2. The molecule has 3 rings (SSSR count). The number of aromatic hydroxyl groups is 1. The zero-order valence-electron chi connectivity index (χ0n) is 15.0.